The molecule has 0 spiro atoms. The third kappa shape index (κ3) is 3.84. The van der Waals surface area contributed by atoms with Gasteiger partial charge in [-0.15, -0.1) is 0 Å². The number of ether oxygens (including phenoxy) is 1. The van der Waals surface area contributed by atoms with Crippen LogP contribution in [0.1, 0.15) is 19.3 Å². The maximum absolute atomic E-state index is 11.0. The molecule has 1 heterocycles. The molecule has 1 N–H and O–H groups in total. The van der Waals surface area contributed by atoms with Crippen molar-refractivity contribution >= 4 is 11.4 Å². The number of nitro benzene ring substituents is 1. The van der Waals surface area contributed by atoms with Crippen LogP contribution < -0.4 is 10.1 Å². The van der Waals surface area contributed by atoms with E-state index in [1.54, 1.807) is 12.1 Å². The number of nitro groups is 1. The zero-order valence-electron chi connectivity index (χ0n) is 11.8. The van der Waals surface area contributed by atoms with Crippen molar-refractivity contribution in [3.8, 4) is 5.75 Å². The molecule has 1 saturated heterocycles. The molecule has 6 nitrogen and oxygen atoms in total. The van der Waals surface area contributed by atoms with Crippen molar-refractivity contribution in [2.24, 2.45) is 0 Å². The molecule has 0 radical (unpaired) electrons. The second-order valence-corrected chi connectivity index (χ2v) is 4.97. The highest BCUT2D eigenvalue weighted by molar-refractivity contribution is 5.63. The van der Waals surface area contributed by atoms with E-state index < -0.39 is 0 Å². The van der Waals surface area contributed by atoms with Gasteiger partial charge >= 0.3 is 0 Å². The lowest BCUT2D eigenvalue weighted by Gasteiger charge is -2.14. The Hall–Kier alpha value is -1.82. The molecule has 0 bridgehead atoms. The molecule has 1 fully saturated rings. The van der Waals surface area contributed by atoms with E-state index in [0.717, 1.165) is 19.5 Å². The van der Waals surface area contributed by atoms with Crippen LogP contribution in [0.3, 0.4) is 0 Å². The topological polar surface area (TPSA) is 67.6 Å². The predicted molar refractivity (Wildman–Crippen MR) is 78.4 cm³/mol. The Balaban J connectivity index is 1.86. The Bertz CT molecular complexity index is 459. The van der Waals surface area contributed by atoms with Crippen LogP contribution in [0.5, 0.6) is 5.75 Å². The summed E-state index contributed by atoms with van der Waals surface area (Å²) in [6, 6.07) is 4.88. The van der Waals surface area contributed by atoms with Gasteiger partial charge in [-0.1, -0.05) is 0 Å². The molecule has 1 aliphatic rings. The van der Waals surface area contributed by atoms with Crippen molar-refractivity contribution in [1.29, 1.82) is 0 Å². The Labute approximate surface area is 118 Å². The normalized spacial score (nSPS) is 15.2. The molecule has 0 amide bonds. The molecule has 0 aliphatic carbocycles. The summed E-state index contributed by atoms with van der Waals surface area (Å²) in [5.74, 6) is 0.499. The third-order valence-electron chi connectivity index (χ3n) is 3.57. The zero-order valence-corrected chi connectivity index (χ0v) is 11.8. The van der Waals surface area contributed by atoms with Gasteiger partial charge in [0.25, 0.3) is 5.69 Å². The molecular weight excluding hydrogens is 258 g/mol. The molecule has 0 aromatic heterocycles. The van der Waals surface area contributed by atoms with Crippen LogP contribution in [-0.2, 0) is 0 Å². The van der Waals surface area contributed by atoms with Crippen LogP contribution >= 0.6 is 0 Å². The summed E-state index contributed by atoms with van der Waals surface area (Å²) in [5.41, 5.74) is 0.614. The summed E-state index contributed by atoms with van der Waals surface area (Å²) in [4.78, 5) is 13.1. The monoisotopic (exact) mass is 279 g/mol. The molecule has 2 rings (SSSR count). The van der Waals surface area contributed by atoms with Crippen LogP contribution in [0.25, 0.3) is 0 Å². The lowest BCUT2D eigenvalue weighted by Crippen LogP contribution is -2.22. The Morgan fingerprint density at radius 2 is 2.15 bits per heavy atom. The number of benzene rings is 1. The van der Waals surface area contributed by atoms with Crippen LogP contribution in [0.2, 0.25) is 0 Å². The summed E-state index contributed by atoms with van der Waals surface area (Å²) < 4.78 is 5.01. The van der Waals surface area contributed by atoms with E-state index in [4.69, 9.17) is 4.74 Å². The summed E-state index contributed by atoms with van der Waals surface area (Å²) >= 11 is 0. The average Bonchev–Trinajstić information content (AvgIpc) is 2.96. The minimum Gasteiger partial charge on any atom is -0.496 e. The minimum absolute atomic E-state index is 0.0607. The first-order chi connectivity index (χ1) is 9.70. The van der Waals surface area contributed by atoms with Crippen molar-refractivity contribution < 1.29 is 9.66 Å². The van der Waals surface area contributed by atoms with Gasteiger partial charge < -0.3 is 15.0 Å². The van der Waals surface area contributed by atoms with Gasteiger partial charge in [-0.3, -0.25) is 10.1 Å². The van der Waals surface area contributed by atoms with Gasteiger partial charge in [-0.25, -0.2) is 0 Å². The van der Waals surface area contributed by atoms with Gasteiger partial charge in [0.1, 0.15) is 11.4 Å². The van der Waals surface area contributed by atoms with Gasteiger partial charge in [0.05, 0.1) is 18.1 Å². The van der Waals surface area contributed by atoms with Gasteiger partial charge in [0.15, 0.2) is 0 Å². The summed E-state index contributed by atoms with van der Waals surface area (Å²) in [6.07, 6.45) is 3.57. The van der Waals surface area contributed by atoms with Crippen molar-refractivity contribution in [2.75, 3.05) is 38.6 Å². The van der Waals surface area contributed by atoms with Crippen LogP contribution in [-0.4, -0.2) is 43.1 Å². The molecule has 0 saturated carbocycles. The van der Waals surface area contributed by atoms with Gasteiger partial charge in [-0.05, 0) is 51.0 Å². The Morgan fingerprint density at radius 1 is 1.40 bits per heavy atom. The number of hydrogen-bond donors (Lipinski definition) is 1. The number of rotatable bonds is 7. The maximum atomic E-state index is 11.0. The number of nitrogens with zero attached hydrogens (tertiary/aromatic N) is 2. The predicted octanol–water partition coefficient (Wildman–Crippen LogP) is 2.50. The van der Waals surface area contributed by atoms with Crippen LogP contribution in [0, 0.1) is 10.1 Å². The van der Waals surface area contributed by atoms with Crippen LogP contribution in [0.4, 0.5) is 11.4 Å². The molecule has 110 valence electrons. The van der Waals surface area contributed by atoms with E-state index >= 15 is 0 Å². The van der Waals surface area contributed by atoms with Crippen molar-refractivity contribution in [1.82, 2.24) is 4.90 Å². The first kappa shape index (κ1) is 14.6. The van der Waals surface area contributed by atoms with E-state index in [-0.39, 0.29) is 10.6 Å². The van der Waals surface area contributed by atoms with E-state index in [9.17, 15) is 10.1 Å². The number of nitrogens with one attached hydrogen (secondary N) is 1. The lowest BCUT2D eigenvalue weighted by molar-refractivity contribution is -0.384. The standard InChI is InChI=1S/C14H21N3O3/c1-20-12-5-6-13(14(11-12)17(18)19)15-7-4-10-16-8-2-3-9-16/h5-6,11,15H,2-4,7-10H2,1H3. The molecule has 1 aliphatic heterocycles. The number of methoxy groups -OCH3 is 1. The second-order valence-electron chi connectivity index (χ2n) is 4.97. The lowest BCUT2D eigenvalue weighted by atomic mass is 10.2. The molecular formula is C14H21N3O3. The molecule has 6 heteroatoms. The van der Waals surface area contributed by atoms with E-state index in [1.165, 1.54) is 39.1 Å². The van der Waals surface area contributed by atoms with Crippen LogP contribution in [0.15, 0.2) is 18.2 Å². The molecule has 1 aromatic rings. The molecule has 0 atom stereocenters. The maximum Gasteiger partial charge on any atom is 0.296 e. The average molecular weight is 279 g/mol. The van der Waals surface area contributed by atoms with Gasteiger partial charge in [0.2, 0.25) is 0 Å². The first-order valence-electron chi connectivity index (χ1n) is 6.99. The highest BCUT2D eigenvalue weighted by Crippen LogP contribution is 2.28. The number of likely N-dealkylation sites (tertiary alicyclic amines) is 1. The smallest absolute Gasteiger partial charge is 0.296 e. The summed E-state index contributed by atoms with van der Waals surface area (Å²) in [5, 5.41) is 14.2. The number of hydrogen-bond acceptors (Lipinski definition) is 5. The SMILES string of the molecule is COc1ccc(NCCCN2CCCC2)c([N+](=O)[O-])c1. The van der Waals surface area contributed by atoms with Gasteiger partial charge in [0, 0.05) is 6.54 Å². The minimum atomic E-state index is -0.384. The highest BCUT2D eigenvalue weighted by atomic mass is 16.6. The fraction of sp³-hybridized carbons (Fsp3) is 0.571. The Morgan fingerprint density at radius 3 is 2.80 bits per heavy atom. The third-order valence-corrected chi connectivity index (χ3v) is 3.57. The largest absolute Gasteiger partial charge is 0.496 e. The van der Waals surface area contributed by atoms with Crippen molar-refractivity contribution in [3.05, 3.63) is 28.3 Å². The fourth-order valence-electron chi connectivity index (χ4n) is 2.47. The zero-order chi connectivity index (χ0) is 14.4. The van der Waals surface area contributed by atoms with Crippen molar-refractivity contribution in [3.63, 3.8) is 0 Å². The highest BCUT2D eigenvalue weighted by Gasteiger charge is 2.15. The van der Waals surface area contributed by atoms with Crippen molar-refractivity contribution in [2.45, 2.75) is 19.3 Å². The molecule has 0 unspecified atom stereocenters. The second kappa shape index (κ2) is 7.09. The fourth-order valence-corrected chi connectivity index (χ4v) is 2.47. The quantitative estimate of drug-likeness (QED) is 0.472. The summed E-state index contributed by atoms with van der Waals surface area (Å²) in [6.45, 7) is 4.16. The Kier molecular flexibility index (Phi) is 5.17. The summed E-state index contributed by atoms with van der Waals surface area (Å²) in [7, 11) is 1.50. The molecule has 20 heavy (non-hydrogen) atoms. The van der Waals surface area contributed by atoms with E-state index in [0.29, 0.717) is 11.4 Å². The van der Waals surface area contributed by atoms with Gasteiger partial charge in [-0.2, -0.15) is 0 Å². The van der Waals surface area contributed by atoms with E-state index in [1.807, 2.05) is 0 Å². The molecule has 1 aromatic carbocycles. The van der Waals surface area contributed by atoms with E-state index in [2.05, 4.69) is 10.2 Å². The number of anilines is 1. The first-order valence-corrected chi connectivity index (χ1v) is 6.99.